The number of carbonyl (C=O) groups excluding carboxylic acids is 1. The second kappa shape index (κ2) is 2.69. The Labute approximate surface area is 78.8 Å². The Balaban J connectivity index is 2.56. The van der Waals surface area contributed by atoms with Crippen LogP contribution in [0, 0.1) is 0 Å². The van der Waals surface area contributed by atoms with E-state index in [4.69, 9.17) is 0 Å². The lowest BCUT2D eigenvalue weighted by Crippen LogP contribution is -2.29. The van der Waals surface area contributed by atoms with Crippen LogP contribution in [0.15, 0.2) is 24.3 Å². The molecule has 0 N–H and O–H groups in total. The molecule has 0 heterocycles. The van der Waals surface area contributed by atoms with Crippen LogP contribution in [0.5, 0.6) is 0 Å². The molecule has 0 radical (unpaired) electrons. The molecule has 0 saturated heterocycles. The van der Waals surface area contributed by atoms with E-state index in [0.29, 0.717) is 18.6 Å². The highest BCUT2D eigenvalue weighted by Crippen LogP contribution is 2.34. The Morgan fingerprint density at radius 1 is 1.23 bits per heavy atom. The molecule has 1 nitrogen and oxygen atoms in total. The van der Waals surface area contributed by atoms with E-state index in [0.717, 1.165) is 0 Å². The third-order valence-electron chi connectivity index (χ3n) is 2.77. The Morgan fingerprint density at radius 3 is 2.69 bits per heavy atom. The smallest absolute Gasteiger partial charge is 0.138 e. The van der Waals surface area contributed by atoms with Gasteiger partial charge in [0.15, 0.2) is 0 Å². The van der Waals surface area contributed by atoms with Gasteiger partial charge in [0, 0.05) is 12.8 Å². The van der Waals surface area contributed by atoms with Gasteiger partial charge in [0.1, 0.15) is 5.78 Å². The number of carbonyl (C=O) groups is 1. The molecule has 68 valence electrons. The zero-order valence-electron chi connectivity index (χ0n) is 8.13. The van der Waals surface area contributed by atoms with Gasteiger partial charge >= 0.3 is 0 Å². The number of rotatable bonds is 0. The third kappa shape index (κ3) is 1.39. The molecule has 0 spiro atoms. The van der Waals surface area contributed by atoms with Gasteiger partial charge < -0.3 is 0 Å². The lowest BCUT2D eigenvalue weighted by atomic mass is 9.72. The van der Waals surface area contributed by atoms with Crippen LogP contribution in [0.1, 0.15) is 31.4 Å². The van der Waals surface area contributed by atoms with Crippen molar-refractivity contribution in [3.63, 3.8) is 0 Å². The first kappa shape index (κ1) is 8.49. The molecule has 0 saturated carbocycles. The van der Waals surface area contributed by atoms with Crippen molar-refractivity contribution in [3.05, 3.63) is 35.4 Å². The predicted octanol–water partition coefficient (Wildman–Crippen LogP) is 2.48. The van der Waals surface area contributed by atoms with Crippen LogP contribution < -0.4 is 0 Å². The van der Waals surface area contributed by atoms with E-state index < -0.39 is 0 Å². The summed E-state index contributed by atoms with van der Waals surface area (Å²) >= 11 is 0. The number of benzene rings is 1. The van der Waals surface area contributed by atoms with Crippen molar-refractivity contribution in [2.24, 2.45) is 0 Å². The number of hydrogen-bond acceptors (Lipinski definition) is 1. The quantitative estimate of drug-likeness (QED) is 0.590. The van der Waals surface area contributed by atoms with Gasteiger partial charge in [0.05, 0.1) is 0 Å². The van der Waals surface area contributed by atoms with Gasteiger partial charge in [-0.25, -0.2) is 0 Å². The van der Waals surface area contributed by atoms with Crippen LogP contribution >= 0.6 is 0 Å². The second-order valence-electron chi connectivity index (χ2n) is 4.43. The largest absolute Gasteiger partial charge is 0.299 e. The Bertz CT molecular complexity index is 350. The second-order valence-corrected chi connectivity index (χ2v) is 4.43. The van der Waals surface area contributed by atoms with Crippen LogP contribution in [0.4, 0.5) is 0 Å². The number of hydrogen-bond donors (Lipinski definition) is 0. The van der Waals surface area contributed by atoms with Crippen LogP contribution in [-0.4, -0.2) is 5.78 Å². The lowest BCUT2D eigenvalue weighted by Gasteiger charge is -2.31. The van der Waals surface area contributed by atoms with E-state index in [-0.39, 0.29) is 5.41 Å². The number of Topliss-reactive ketones (excluding diaryl/α,β-unsaturated/α-hetero) is 1. The average molecular weight is 174 g/mol. The Kier molecular flexibility index (Phi) is 1.76. The summed E-state index contributed by atoms with van der Waals surface area (Å²) in [6, 6.07) is 8.26. The molecule has 2 rings (SSSR count). The molecular weight excluding hydrogens is 160 g/mol. The summed E-state index contributed by atoms with van der Waals surface area (Å²) in [5.41, 5.74) is 2.59. The molecule has 0 fully saturated rings. The molecular formula is C12H14O. The standard InChI is InChI=1S/C12H14O/c1-12(2)8-10(13)7-9-5-3-4-6-11(9)12/h3-6H,7-8H2,1-2H3. The van der Waals surface area contributed by atoms with Gasteiger partial charge in [0.25, 0.3) is 0 Å². The number of fused-ring (bicyclic) bond motifs is 1. The van der Waals surface area contributed by atoms with Crippen molar-refractivity contribution in [1.82, 2.24) is 0 Å². The zero-order valence-corrected chi connectivity index (χ0v) is 8.13. The zero-order chi connectivity index (χ0) is 9.47. The molecule has 0 atom stereocenters. The highest BCUT2D eigenvalue weighted by atomic mass is 16.1. The molecule has 1 heteroatoms. The van der Waals surface area contributed by atoms with Crippen LogP contribution in [0.3, 0.4) is 0 Å². The van der Waals surface area contributed by atoms with Crippen LogP contribution in [0.2, 0.25) is 0 Å². The molecule has 1 aromatic rings. The molecule has 1 aliphatic carbocycles. The highest BCUT2D eigenvalue weighted by molar-refractivity contribution is 5.84. The predicted molar refractivity (Wildman–Crippen MR) is 52.8 cm³/mol. The van der Waals surface area contributed by atoms with Crippen molar-refractivity contribution in [2.75, 3.05) is 0 Å². The first-order valence-electron chi connectivity index (χ1n) is 4.70. The topological polar surface area (TPSA) is 17.1 Å². The summed E-state index contributed by atoms with van der Waals surface area (Å²) in [5, 5.41) is 0. The maximum atomic E-state index is 11.4. The molecule has 0 unspecified atom stereocenters. The van der Waals surface area contributed by atoms with E-state index in [1.807, 2.05) is 6.07 Å². The summed E-state index contributed by atoms with van der Waals surface area (Å²) in [4.78, 5) is 11.4. The first-order chi connectivity index (χ1) is 6.09. The summed E-state index contributed by atoms with van der Waals surface area (Å²) < 4.78 is 0. The molecule has 13 heavy (non-hydrogen) atoms. The van der Waals surface area contributed by atoms with Crippen molar-refractivity contribution >= 4 is 5.78 Å². The summed E-state index contributed by atoms with van der Waals surface area (Å²) in [6.45, 7) is 4.28. The van der Waals surface area contributed by atoms with E-state index in [9.17, 15) is 4.79 Å². The molecule has 0 aromatic heterocycles. The van der Waals surface area contributed by atoms with Crippen LogP contribution in [-0.2, 0) is 16.6 Å². The molecule has 0 amide bonds. The maximum Gasteiger partial charge on any atom is 0.138 e. The highest BCUT2D eigenvalue weighted by Gasteiger charge is 2.30. The maximum absolute atomic E-state index is 11.4. The average Bonchev–Trinajstić information content (AvgIpc) is 2.02. The first-order valence-corrected chi connectivity index (χ1v) is 4.70. The van der Waals surface area contributed by atoms with E-state index in [1.54, 1.807) is 0 Å². The van der Waals surface area contributed by atoms with Crippen molar-refractivity contribution in [1.29, 1.82) is 0 Å². The molecule has 0 aliphatic heterocycles. The Morgan fingerprint density at radius 2 is 1.92 bits per heavy atom. The fourth-order valence-electron chi connectivity index (χ4n) is 2.20. The van der Waals surface area contributed by atoms with Crippen molar-refractivity contribution < 1.29 is 4.79 Å². The van der Waals surface area contributed by atoms with Gasteiger partial charge in [-0.05, 0) is 16.5 Å². The minimum absolute atomic E-state index is 0.0337. The normalized spacial score (nSPS) is 19.7. The minimum Gasteiger partial charge on any atom is -0.299 e. The van der Waals surface area contributed by atoms with Crippen molar-refractivity contribution in [3.8, 4) is 0 Å². The van der Waals surface area contributed by atoms with Gasteiger partial charge in [0.2, 0.25) is 0 Å². The van der Waals surface area contributed by atoms with Gasteiger partial charge in [-0.1, -0.05) is 38.1 Å². The van der Waals surface area contributed by atoms with E-state index >= 15 is 0 Å². The SMILES string of the molecule is CC1(C)CC(=O)Cc2ccccc21. The van der Waals surface area contributed by atoms with Crippen LogP contribution in [0.25, 0.3) is 0 Å². The number of ketones is 1. The van der Waals surface area contributed by atoms with E-state index in [2.05, 4.69) is 32.0 Å². The van der Waals surface area contributed by atoms with Gasteiger partial charge in [-0.3, -0.25) is 4.79 Å². The molecule has 0 bridgehead atoms. The van der Waals surface area contributed by atoms with Gasteiger partial charge in [-0.2, -0.15) is 0 Å². The minimum atomic E-state index is 0.0337. The summed E-state index contributed by atoms with van der Waals surface area (Å²) in [7, 11) is 0. The monoisotopic (exact) mass is 174 g/mol. The fraction of sp³-hybridized carbons (Fsp3) is 0.417. The summed E-state index contributed by atoms with van der Waals surface area (Å²) in [6.07, 6.45) is 1.31. The molecule has 1 aromatic carbocycles. The Hall–Kier alpha value is -1.11. The summed E-state index contributed by atoms with van der Waals surface area (Å²) in [5.74, 6) is 0.365. The van der Waals surface area contributed by atoms with Crippen molar-refractivity contribution in [2.45, 2.75) is 32.1 Å². The van der Waals surface area contributed by atoms with E-state index in [1.165, 1.54) is 11.1 Å². The van der Waals surface area contributed by atoms with Gasteiger partial charge in [-0.15, -0.1) is 0 Å². The molecule has 1 aliphatic rings. The lowest BCUT2D eigenvalue weighted by molar-refractivity contribution is -0.120. The third-order valence-corrected chi connectivity index (χ3v) is 2.77. The fourth-order valence-corrected chi connectivity index (χ4v) is 2.20.